The molecule has 18 heavy (non-hydrogen) atoms. The second-order valence-electron chi connectivity index (χ2n) is 4.97. The predicted molar refractivity (Wildman–Crippen MR) is 71.3 cm³/mol. The van der Waals surface area contributed by atoms with E-state index in [4.69, 9.17) is 11.5 Å². The molecule has 1 aromatic heterocycles. The lowest BCUT2D eigenvalue weighted by molar-refractivity contribution is 0.0995. The number of carbonyl (C=O) groups is 1. The summed E-state index contributed by atoms with van der Waals surface area (Å²) in [5.41, 5.74) is 12.5. The van der Waals surface area contributed by atoms with Gasteiger partial charge in [0.25, 0.3) is 5.91 Å². The Bertz CT molecular complexity index is 433. The number of carbonyl (C=O) groups excluding carboxylic acids is 1. The molecule has 1 amide bonds. The van der Waals surface area contributed by atoms with Gasteiger partial charge in [-0.05, 0) is 37.8 Å². The Morgan fingerprint density at radius 2 is 2.39 bits per heavy atom. The molecule has 1 aromatic rings. The topological polar surface area (TPSA) is 85.2 Å². The number of aromatic nitrogens is 1. The number of amides is 1. The Hall–Kier alpha value is -1.62. The molecule has 2 heterocycles. The number of anilines is 1. The van der Waals surface area contributed by atoms with Crippen molar-refractivity contribution in [2.24, 2.45) is 17.4 Å². The molecular formula is C13H20N4O. The summed E-state index contributed by atoms with van der Waals surface area (Å²) in [6.07, 6.45) is 3.92. The zero-order chi connectivity index (χ0) is 13.1. The minimum atomic E-state index is -0.488. The van der Waals surface area contributed by atoms with E-state index in [0.717, 1.165) is 25.2 Å². The average molecular weight is 248 g/mol. The molecule has 0 radical (unpaired) electrons. The highest BCUT2D eigenvalue weighted by molar-refractivity contribution is 5.91. The van der Waals surface area contributed by atoms with Gasteiger partial charge in [-0.2, -0.15) is 0 Å². The fraction of sp³-hybridized carbons (Fsp3) is 0.538. The first kappa shape index (κ1) is 12.8. The van der Waals surface area contributed by atoms with Gasteiger partial charge in [-0.1, -0.05) is 0 Å². The molecule has 5 heteroatoms. The third kappa shape index (κ3) is 2.79. The Kier molecular flexibility index (Phi) is 3.81. The van der Waals surface area contributed by atoms with E-state index in [-0.39, 0.29) is 6.04 Å². The molecule has 98 valence electrons. The van der Waals surface area contributed by atoms with E-state index in [1.165, 1.54) is 6.42 Å². The molecule has 2 atom stereocenters. The van der Waals surface area contributed by atoms with E-state index < -0.39 is 5.91 Å². The molecule has 4 N–H and O–H groups in total. The SMILES string of the molecule is CC(N)C1CCCN(c2ccnc(C(N)=O)c2)C1. The van der Waals surface area contributed by atoms with E-state index in [1.807, 2.05) is 6.07 Å². The van der Waals surface area contributed by atoms with Gasteiger partial charge in [-0.25, -0.2) is 0 Å². The van der Waals surface area contributed by atoms with Gasteiger partial charge in [0.15, 0.2) is 0 Å². The van der Waals surface area contributed by atoms with Gasteiger partial charge in [0.1, 0.15) is 5.69 Å². The first-order valence-electron chi connectivity index (χ1n) is 6.34. The lowest BCUT2D eigenvalue weighted by Gasteiger charge is -2.36. The fourth-order valence-electron chi connectivity index (χ4n) is 2.42. The van der Waals surface area contributed by atoms with Crippen molar-refractivity contribution in [2.45, 2.75) is 25.8 Å². The van der Waals surface area contributed by atoms with Crippen LogP contribution in [0.1, 0.15) is 30.3 Å². The van der Waals surface area contributed by atoms with Crippen molar-refractivity contribution in [3.8, 4) is 0 Å². The van der Waals surface area contributed by atoms with Crippen LogP contribution >= 0.6 is 0 Å². The number of piperidine rings is 1. The van der Waals surface area contributed by atoms with Gasteiger partial charge in [0.05, 0.1) is 0 Å². The van der Waals surface area contributed by atoms with Gasteiger partial charge in [-0.3, -0.25) is 9.78 Å². The van der Waals surface area contributed by atoms with Crippen LogP contribution in [0, 0.1) is 5.92 Å². The van der Waals surface area contributed by atoms with E-state index in [0.29, 0.717) is 11.6 Å². The number of rotatable bonds is 3. The molecular weight excluding hydrogens is 228 g/mol. The van der Waals surface area contributed by atoms with Crippen LogP contribution in [0.25, 0.3) is 0 Å². The normalized spacial score (nSPS) is 21.7. The maximum absolute atomic E-state index is 11.1. The third-order valence-corrected chi connectivity index (χ3v) is 3.56. The number of nitrogens with zero attached hydrogens (tertiary/aromatic N) is 2. The molecule has 0 aromatic carbocycles. The standard InChI is InChI=1S/C13H20N4O/c1-9(14)10-3-2-6-17(8-10)11-4-5-16-12(7-11)13(15)18/h4-5,7,9-10H,2-3,6,8,14H2,1H3,(H2,15,18). The van der Waals surface area contributed by atoms with Crippen LogP contribution in [-0.2, 0) is 0 Å². The highest BCUT2D eigenvalue weighted by Crippen LogP contribution is 2.24. The molecule has 0 spiro atoms. The molecule has 1 aliphatic heterocycles. The van der Waals surface area contributed by atoms with Crippen LogP contribution in [0.15, 0.2) is 18.3 Å². The summed E-state index contributed by atoms with van der Waals surface area (Å²) < 4.78 is 0. The number of primary amides is 1. The van der Waals surface area contributed by atoms with Crippen LogP contribution in [0.2, 0.25) is 0 Å². The van der Waals surface area contributed by atoms with E-state index in [1.54, 1.807) is 12.3 Å². The number of pyridine rings is 1. The highest BCUT2D eigenvalue weighted by Gasteiger charge is 2.23. The Morgan fingerprint density at radius 3 is 3.06 bits per heavy atom. The summed E-state index contributed by atoms with van der Waals surface area (Å²) in [5, 5.41) is 0. The Balaban J connectivity index is 2.15. The molecule has 2 rings (SSSR count). The minimum absolute atomic E-state index is 0.199. The Labute approximate surface area is 107 Å². The molecule has 1 aliphatic rings. The van der Waals surface area contributed by atoms with Gasteiger partial charge in [-0.15, -0.1) is 0 Å². The molecule has 1 saturated heterocycles. The average Bonchev–Trinajstić information content (AvgIpc) is 2.39. The molecule has 1 fully saturated rings. The number of nitrogens with two attached hydrogens (primary N) is 2. The molecule has 5 nitrogen and oxygen atoms in total. The third-order valence-electron chi connectivity index (χ3n) is 3.56. The first-order chi connectivity index (χ1) is 8.58. The molecule has 0 bridgehead atoms. The summed E-state index contributed by atoms with van der Waals surface area (Å²) in [7, 11) is 0. The van der Waals surface area contributed by atoms with Crippen LogP contribution in [-0.4, -0.2) is 30.0 Å². The highest BCUT2D eigenvalue weighted by atomic mass is 16.1. The predicted octanol–water partition coefficient (Wildman–Crippen LogP) is 0.744. The van der Waals surface area contributed by atoms with Crippen molar-refractivity contribution >= 4 is 11.6 Å². The first-order valence-corrected chi connectivity index (χ1v) is 6.34. The lowest BCUT2D eigenvalue weighted by Crippen LogP contribution is -2.42. The van der Waals surface area contributed by atoms with E-state index >= 15 is 0 Å². The van der Waals surface area contributed by atoms with Crippen LogP contribution in [0.5, 0.6) is 0 Å². The maximum atomic E-state index is 11.1. The zero-order valence-corrected chi connectivity index (χ0v) is 10.7. The van der Waals surface area contributed by atoms with Crippen molar-refractivity contribution in [3.05, 3.63) is 24.0 Å². The summed E-state index contributed by atoms with van der Waals surface area (Å²) in [4.78, 5) is 17.3. The van der Waals surface area contributed by atoms with Crippen molar-refractivity contribution in [1.29, 1.82) is 0 Å². The van der Waals surface area contributed by atoms with Crippen LogP contribution in [0.3, 0.4) is 0 Å². The molecule has 2 unspecified atom stereocenters. The summed E-state index contributed by atoms with van der Waals surface area (Å²) in [6.45, 7) is 3.97. The van der Waals surface area contributed by atoms with Crippen molar-refractivity contribution in [1.82, 2.24) is 4.98 Å². The quantitative estimate of drug-likeness (QED) is 0.826. The van der Waals surface area contributed by atoms with Crippen LogP contribution < -0.4 is 16.4 Å². The van der Waals surface area contributed by atoms with Gasteiger partial charge < -0.3 is 16.4 Å². The number of hydrogen-bond donors (Lipinski definition) is 2. The minimum Gasteiger partial charge on any atom is -0.371 e. The second kappa shape index (κ2) is 5.35. The number of hydrogen-bond acceptors (Lipinski definition) is 4. The van der Waals surface area contributed by atoms with Crippen molar-refractivity contribution in [3.63, 3.8) is 0 Å². The van der Waals surface area contributed by atoms with Crippen LogP contribution in [0.4, 0.5) is 5.69 Å². The monoisotopic (exact) mass is 248 g/mol. The zero-order valence-electron chi connectivity index (χ0n) is 10.7. The Morgan fingerprint density at radius 1 is 1.61 bits per heavy atom. The van der Waals surface area contributed by atoms with E-state index in [2.05, 4.69) is 16.8 Å². The van der Waals surface area contributed by atoms with Crippen molar-refractivity contribution < 1.29 is 4.79 Å². The van der Waals surface area contributed by atoms with Gasteiger partial charge in [0, 0.05) is 31.0 Å². The molecule has 0 saturated carbocycles. The second-order valence-corrected chi connectivity index (χ2v) is 4.97. The molecule has 0 aliphatic carbocycles. The largest absolute Gasteiger partial charge is 0.371 e. The summed E-state index contributed by atoms with van der Waals surface area (Å²) in [6, 6.07) is 3.87. The summed E-state index contributed by atoms with van der Waals surface area (Å²) in [5.74, 6) is 0.0153. The maximum Gasteiger partial charge on any atom is 0.267 e. The van der Waals surface area contributed by atoms with Crippen molar-refractivity contribution in [2.75, 3.05) is 18.0 Å². The van der Waals surface area contributed by atoms with Gasteiger partial charge in [0.2, 0.25) is 0 Å². The summed E-state index contributed by atoms with van der Waals surface area (Å²) >= 11 is 0. The fourth-order valence-corrected chi connectivity index (χ4v) is 2.42. The van der Waals surface area contributed by atoms with Gasteiger partial charge >= 0.3 is 0 Å². The smallest absolute Gasteiger partial charge is 0.267 e. The lowest BCUT2D eigenvalue weighted by atomic mass is 9.92. The van der Waals surface area contributed by atoms with E-state index in [9.17, 15) is 4.79 Å².